The van der Waals surface area contributed by atoms with Gasteiger partial charge in [0.05, 0.1) is 25.4 Å². The molecule has 0 spiro atoms. The molecule has 13 nitrogen and oxygen atoms in total. The van der Waals surface area contributed by atoms with E-state index in [9.17, 15) is 33.3 Å². The molecule has 0 aliphatic carbocycles. The van der Waals surface area contributed by atoms with Crippen LogP contribution in [0.3, 0.4) is 0 Å². The molecule has 0 bridgehead atoms. The zero-order valence-corrected chi connectivity index (χ0v) is 37.2. The van der Waals surface area contributed by atoms with E-state index in [-0.39, 0.29) is 56.6 Å². The molecule has 2 amide bonds. The third-order valence-corrected chi connectivity index (χ3v) is 10.7. The molecule has 0 heterocycles. The molecule has 0 radical (unpaired) electrons. The number of carbonyl (C=O) groups excluding carboxylic acids is 3. The van der Waals surface area contributed by atoms with Crippen molar-refractivity contribution in [3.63, 3.8) is 0 Å². The van der Waals surface area contributed by atoms with Crippen LogP contribution in [0.15, 0.2) is 0 Å². The zero-order valence-electron chi connectivity index (χ0n) is 35.4. The molecule has 3 N–H and O–H groups in total. The SMILES string of the molecule is CC(C)(C)CCCCC(=O)CCCCCCCOP(=O)(O)OCCN(CCOP(=O)(O)OC(C)(C)C)C(=O)CCCCCNC(=O)CCCCC(C)(C)C. The fraction of sp³-hybridized carbons (Fsp3) is 0.923. The quantitative estimate of drug-likeness (QED) is 0.0435. The van der Waals surface area contributed by atoms with E-state index in [1.807, 2.05) is 0 Å². The average molecular weight is 813 g/mol. The second-order valence-electron chi connectivity index (χ2n) is 17.8. The van der Waals surface area contributed by atoms with Crippen LogP contribution in [0, 0.1) is 10.8 Å². The first-order valence-corrected chi connectivity index (χ1v) is 23.2. The number of phosphoric ester groups is 2. The van der Waals surface area contributed by atoms with Crippen LogP contribution in [0.2, 0.25) is 0 Å². The molecule has 0 aromatic carbocycles. The van der Waals surface area contributed by atoms with Gasteiger partial charge in [-0.25, -0.2) is 9.13 Å². The Morgan fingerprint density at radius 3 is 1.56 bits per heavy atom. The normalized spacial score (nSPS) is 14.7. The Balaban J connectivity index is 4.56. The molecule has 0 saturated heterocycles. The van der Waals surface area contributed by atoms with Gasteiger partial charge in [0.1, 0.15) is 5.78 Å². The van der Waals surface area contributed by atoms with Gasteiger partial charge < -0.3 is 20.0 Å². The van der Waals surface area contributed by atoms with Crippen LogP contribution in [0.4, 0.5) is 0 Å². The number of hydrogen-bond donors (Lipinski definition) is 3. The van der Waals surface area contributed by atoms with Gasteiger partial charge in [-0.15, -0.1) is 0 Å². The molecular formula is C39H78N2O11P2. The molecule has 2 unspecified atom stereocenters. The Morgan fingerprint density at radius 2 is 1.00 bits per heavy atom. The maximum Gasteiger partial charge on any atom is 0.472 e. The Morgan fingerprint density at radius 1 is 0.556 bits per heavy atom. The van der Waals surface area contributed by atoms with Gasteiger partial charge in [-0.05, 0) is 83.0 Å². The van der Waals surface area contributed by atoms with Gasteiger partial charge in [-0.1, -0.05) is 80.1 Å². The number of hydrogen-bond acceptors (Lipinski definition) is 9. The summed E-state index contributed by atoms with van der Waals surface area (Å²) in [7, 11) is -8.74. The molecule has 320 valence electrons. The van der Waals surface area contributed by atoms with Gasteiger partial charge >= 0.3 is 15.6 Å². The number of carbonyl (C=O) groups is 3. The summed E-state index contributed by atoms with van der Waals surface area (Å²) < 4.78 is 45.2. The fourth-order valence-corrected chi connectivity index (χ4v) is 7.34. The van der Waals surface area contributed by atoms with Gasteiger partial charge in [0.15, 0.2) is 0 Å². The minimum atomic E-state index is -4.38. The lowest BCUT2D eigenvalue weighted by Gasteiger charge is -2.25. The number of unbranched alkanes of at least 4 members (excludes halogenated alkanes) is 8. The summed E-state index contributed by atoms with van der Waals surface area (Å²) in [5.41, 5.74) is -0.362. The third-order valence-electron chi connectivity index (χ3n) is 8.43. The predicted octanol–water partition coefficient (Wildman–Crippen LogP) is 9.68. The smallest absolute Gasteiger partial charge is 0.356 e. The Kier molecular flexibility index (Phi) is 26.9. The molecule has 0 rings (SSSR count). The van der Waals surface area contributed by atoms with Crippen molar-refractivity contribution in [3.05, 3.63) is 0 Å². The Labute approximate surface area is 328 Å². The molecule has 54 heavy (non-hydrogen) atoms. The highest BCUT2D eigenvalue weighted by Gasteiger charge is 2.29. The Hall–Kier alpha value is -1.17. The highest BCUT2D eigenvalue weighted by molar-refractivity contribution is 7.47. The first kappa shape index (κ1) is 52.8. The van der Waals surface area contributed by atoms with Crippen molar-refractivity contribution in [2.24, 2.45) is 10.8 Å². The summed E-state index contributed by atoms with van der Waals surface area (Å²) in [6.07, 6.45) is 14.0. The summed E-state index contributed by atoms with van der Waals surface area (Å²) in [4.78, 5) is 58.9. The highest BCUT2D eigenvalue weighted by Crippen LogP contribution is 2.47. The number of Topliss-reactive ketones (excluding diaryl/α,β-unsaturated/α-hetero) is 1. The second kappa shape index (κ2) is 27.5. The number of amides is 2. The van der Waals surface area contributed by atoms with Crippen molar-refractivity contribution in [3.8, 4) is 0 Å². The van der Waals surface area contributed by atoms with E-state index in [2.05, 4.69) is 46.9 Å². The van der Waals surface area contributed by atoms with Crippen molar-refractivity contribution in [1.29, 1.82) is 0 Å². The van der Waals surface area contributed by atoms with Gasteiger partial charge in [0.25, 0.3) is 0 Å². The molecule has 0 aliphatic rings. The topological polar surface area (TPSA) is 178 Å². The van der Waals surface area contributed by atoms with E-state index in [0.717, 1.165) is 64.2 Å². The maximum absolute atomic E-state index is 13.1. The number of nitrogens with one attached hydrogen (secondary N) is 1. The summed E-state index contributed by atoms with van der Waals surface area (Å²) >= 11 is 0. The van der Waals surface area contributed by atoms with E-state index < -0.39 is 21.2 Å². The van der Waals surface area contributed by atoms with E-state index in [1.165, 1.54) is 4.90 Å². The summed E-state index contributed by atoms with van der Waals surface area (Å²) in [6.45, 7) is 17.9. The minimum Gasteiger partial charge on any atom is -0.356 e. The van der Waals surface area contributed by atoms with E-state index in [4.69, 9.17) is 18.1 Å². The lowest BCUT2D eigenvalue weighted by molar-refractivity contribution is -0.132. The van der Waals surface area contributed by atoms with Crippen LogP contribution in [-0.2, 0) is 41.6 Å². The summed E-state index contributed by atoms with van der Waals surface area (Å²) in [5, 5.41) is 2.93. The van der Waals surface area contributed by atoms with Crippen LogP contribution in [0.5, 0.6) is 0 Å². The van der Waals surface area contributed by atoms with Gasteiger partial charge in [0, 0.05) is 45.3 Å². The molecular weight excluding hydrogens is 734 g/mol. The third kappa shape index (κ3) is 35.3. The fourth-order valence-electron chi connectivity index (χ4n) is 5.53. The van der Waals surface area contributed by atoms with Gasteiger partial charge in [0.2, 0.25) is 11.8 Å². The summed E-state index contributed by atoms with van der Waals surface area (Å²) in [6, 6.07) is 0. The maximum atomic E-state index is 13.1. The molecule has 2 atom stereocenters. The first-order valence-electron chi connectivity index (χ1n) is 20.3. The number of rotatable bonds is 32. The van der Waals surface area contributed by atoms with Crippen molar-refractivity contribution < 1.29 is 51.4 Å². The van der Waals surface area contributed by atoms with Crippen LogP contribution in [-0.4, -0.2) is 77.3 Å². The van der Waals surface area contributed by atoms with E-state index in [0.29, 0.717) is 62.7 Å². The monoisotopic (exact) mass is 813 g/mol. The van der Waals surface area contributed by atoms with Crippen molar-refractivity contribution in [2.75, 3.05) is 39.5 Å². The number of phosphoric acid groups is 2. The molecule has 0 aliphatic heterocycles. The van der Waals surface area contributed by atoms with Crippen LogP contribution >= 0.6 is 15.6 Å². The van der Waals surface area contributed by atoms with Crippen LogP contribution < -0.4 is 5.32 Å². The van der Waals surface area contributed by atoms with Crippen molar-refractivity contribution in [1.82, 2.24) is 10.2 Å². The molecule has 0 saturated carbocycles. The molecule has 0 aromatic heterocycles. The lowest BCUT2D eigenvalue weighted by Crippen LogP contribution is -2.36. The predicted molar refractivity (Wildman–Crippen MR) is 215 cm³/mol. The second-order valence-corrected chi connectivity index (χ2v) is 20.6. The molecule has 0 aromatic rings. The Bertz CT molecular complexity index is 1150. The highest BCUT2D eigenvalue weighted by atomic mass is 31.2. The average Bonchev–Trinajstić information content (AvgIpc) is 3.01. The van der Waals surface area contributed by atoms with E-state index >= 15 is 0 Å². The number of nitrogens with zero attached hydrogens (tertiary/aromatic N) is 1. The molecule has 15 heteroatoms. The lowest BCUT2D eigenvalue weighted by atomic mass is 9.89. The van der Waals surface area contributed by atoms with Gasteiger partial charge in [-0.3, -0.25) is 32.5 Å². The van der Waals surface area contributed by atoms with E-state index in [1.54, 1.807) is 20.8 Å². The molecule has 0 fully saturated rings. The van der Waals surface area contributed by atoms with Crippen LogP contribution in [0.25, 0.3) is 0 Å². The summed E-state index contributed by atoms with van der Waals surface area (Å²) in [5.74, 6) is 0.0758. The largest absolute Gasteiger partial charge is 0.472 e. The van der Waals surface area contributed by atoms with Crippen molar-refractivity contribution >= 4 is 33.2 Å². The first-order chi connectivity index (χ1) is 24.9. The number of ketones is 1. The van der Waals surface area contributed by atoms with Crippen molar-refractivity contribution in [2.45, 2.75) is 183 Å². The van der Waals surface area contributed by atoms with Crippen LogP contribution in [0.1, 0.15) is 178 Å². The zero-order chi connectivity index (χ0) is 41.3. The standard InChI is InChI=1S/C39H78N2O11P2/c1-37(2,3)26-18-16-23-34(42)22-14-11-10-12-21-31-49-53(45,46)50-32-29-41(30-33-51-54(47,48)52-39(7,8)9)36(44)25-15-13-20-28-40-35(43)24-17-19-27-38(4,5)6/h10-33H2,1-9H3,(H,40,43)(H,45,46)(H,47,48). The van der Waals surface area contributed by atoms with Gasteiger partial charge in [-0.2, -0.15) is 0 Å². The minimum absolute atomic E-state index is 0.0326.